The zero-order valence-corrected chi connectivity index (χ0v) is 5.58. The maximum atomic E-state index is 8.77. The van der Waals surface area contributed by atoms with E-state index in [9.17, 15) is 0 Å². The van der Waals surface area contributed by atoms with Crippen molar-refractivity contribution in [3.63, 3.8) is 0 Å². The Morgan fingerprint density at radius 2 is 2.00 bits per heavy atom. The van der Waals surface area contributed by atoms with Gasteiger partial charge in [0.15, 0.2) is 5.79 Å². The van der Waals surface area contributed by atoms with Crippen LogP contribution >= 0.6 is 12.0 Å². The van der Waals surface area contributed by atoms with Gasteiger partial charge in [0.1, 0.15) is 0 Å². The molecule has 3 heteroatoms. The second-order valence-electron chi connectivity index (χ2n) is 1.70. The molecule has 0 aromatic heterocycles. The minimum atomic E-state index is -0.987. The van der Waals surface area contributed by atoms with Gasteiger partial charge in [-0.2, -0.15) is 0 Å². The highest BCUT2D eigenvalue weighted by Gasteiger charge is 2.10. The second kappa shape index (κ2) is 2.55. The van der Waals surface area contributed by atoms with Crippen molar-refractivity contribution in [3.05, 3.63) is 0 Å². The molecule has 0 unspecified atom stereocenters. The third-order valence-electron chi connectivity index (χ3n) is 0.287. The summed E-state index contributed by atoms with van der Waals surface area (Å²) in [7, 11) is 0. The first kappa shape index (κ1) is 7.27. The number of aliphatic hydroxyl groups is 1. The first-order valence-corrected chi connectivity index (χ1v) is 3.15. The van der Waals surface area contributed by atoms with Gasteiger partial charge >= 0.3 is 0 Å². The van der Waals surface area contributed by atoms with Crippen LogP contribution in [0, 0.1) is 0 Å². The molecule has 0 aliphatic heterocycles. The van der Waals surface area contributed by atoms with Crippen LogP contribution < -0.4 is 0 Å². The maximum Gasteiger partial charge on any atom is 0.172 e. The average molecular weight is 122 g/mol. The Morgan fingerprint density at radius 1 is 1.57 bits per heavy atom. The summed E-state index contributed by atoms with van der Waals surface area (Å²) < 4.78 is 4.70. The normalized spacial score (nSPS) is 12.0. The van der Waals surface area contributed by atoms with E-state index in [0.29, 0.717) is 0 Å². The van der Waals surface area contributed by atoms with E-state index in [1.807, 2.05) is 0 Å². The van der Waals surface area contributed by atoms with Crippen molar-refractivity contribution in [2.24, 2.45) is 0 Å². The van der Waals surface area contributed by atoms with Crippen molar-refractivity contribution in [1.82, 2.24) is 0 Å². The van der Waals surface area contributed by atoms with Crippen molar-refractivity contribution < 1.29 is 9.29 Å². The Balaban J connectivity index is 3.15. The largest absolute Gasteiger partial charge is 0.365 e. The lowest BCUT2D eigenvalue weighted by molar-refractivity contribution is -0.0906. The SMILES string of the molecule is CSOC(C)(C)O. The van der Waals surface area contributed by atoms with Gasteiger partial charge in [0, 0.05) is 6.26 Å². The monoisotopic (exact) mass is 122 g/mol. The van der Waals surface area contributed by atoms with Crippen molar-refractivity contribution in [2.75, 3.05) is 6.26 Å². The van der Waals surface area contributed by atoms with E-state index in [1.54, 1.807) is 20.1 Å². The van der Waals surface area contributed by atoms with E-state index in [2.05, 4.69) is 0 Å². The van der Waals surface area contributed by atoms with Crippen LogP contribution in [-0.2, 0) is 4.18 Å². The van der Waals surface area contributed by atoms with Gasteiger partial charge in [0.2, 0.25) is 0 Å². The highest BCUT2D eigenvalue weighted by molar-refractivity contribution is 7.93. The van der Waals surface area contributed by atoms with E-state index in [1.165, 1.54) is 0 Å². The molecule has 0 heterocycles. The molecule has 0 aliphatic rings. The molecule has 0 radical (unpaired) electrons. The lowest BCUT2D eigenvalue weighted by Gasteiger charge is -2.13. The minimum Gasteiger partial charge on any atom is -0.365 e. The van der Waals surface area contributed by atoms with Crippen LogP contribution in [0.4, 0.5) is 0 Å². The van der Waals surface area contributed by atoms with Crippen LogP contribution in [0.3, 0.4) is 0 Å². The first-order chi connectivity index (χ1) is 3.06. The van der Waals surface area contributed by atoms with E-state index in [4.69, 9.17) is 9.29 Å². The van der Waals surface area contributed by atoms with Crippen LogP contribution in [0.15, 0.2) is 0 Å². The van der Waals surface area contributed by atoms with Crippen molar-refractivity contribution >= 4 is 12.0 Å². The molecule has 0 saturated carbocycles. The molecule has 44 valence electrons. The molecule has 2 nitrogen and oxygen atoms in total. The van der Waals surface area contributed by atoms with Gasteiger partial charge < -0.3 is 5.11 Å². The summed E-state index contributed by atoms with van der Waals surface area (Å²) in [5.74, 6) is -0.987. The standard InChI is InChI=1S/C4H10O2S/c1-4(2,5)6-7-3/h5H,1-3H3. The fourth-order valence-corrected chi connectivity index (χ4v) is 0.612. The molecule has 0 aliphatic carbocycles. The molecule has 0 rings (SSSR count). The van der Waals surface area contributed by atoms with Crippen LogP contribution in [0.5, 0.6) is 0 Å². The molecule has 7 heavy (non-hydrogen) atoms. The van der Waals surface area contributed by atoms with E-state index in [-0.39, 0.29) is 0 Å². The van der Waals surface area contributed by atoms with Crippen LogP contribution in [0.1, 0.15) is 13.8 Å². The highest BCUT2D eigenvalue weighted by atomic mass is 32.2. The third kappa shape index (κ3) is 6.27. The molecule has 0 saturated heterocycles. The Morgan fingerprint density at radius 3 is 2.00 bits per heavy atom. The van der Waals surface area contributed by atoms with Crippen LogP contribution in [0.25, 0.3) is 0 Å². The summed E-state index contributed by atoms with van der Waals surface area (Å²) >= 11 is 1.16. The smallest absolute Gasteiger partial charge is 0.172 e. The molecule has 0 atom stereocenters. The Hall–Kier alpha value is 0.270. The van der Waals surface area contributed by atoms with Crippen LogP contribution in [0.2, 0.25) is 0 Å². The summed E-state index contributed by atoms with van der Waals surface area (Å²) in [6.45, 7) is 3.17. The Labute approximate surface area is 48.1 Å². The average Bonchev–Trinajstić information content (AvgIpc) is 1.30. The molecule has 0 amide bonds. The molecule has 0 aromatic carbocycles. The Kier molecular flexibility index (Phi) is 2.64. The fraction of sp³-hybridized carbons (Fsp3) is 1.00. The van der Waals surface area contributed by atoms with Gasteiger partial charge in [-0.25, -0.2) is 0 Å². The Bertz CT molecular complexity index is 48.1. The number of rotatable bonds is 2. The predicted octanol–water partition coefficient (Wildman–Crippen LogP) is 1.01. The van der Waals surface area contributed by atoms with Crippen molar-refractivity contribution in [2.45, 2.75) is 19.6 Å². The lowest BCUT2D eigenvalue weighted by atomic mass is 10.4. The van der Waals surface area contributed by atoms with Gasteiger partial charge in [-0.05, 0) is 25.9 Å². The fourth-order valence-electron chi connectivity index (χ4n) is 0.204. The van der Waals surface area contributed by atoms with Gasteiger partial charge in [-0.1, -0.05) is 0 Å². The molecule has 0 aromatic rings. The summed E-state index contributed by atoms with van der Waals surface area (Å²) in [5.41, 5.74) is 0. The van der Waals surface area contributed by atoms with E-state index < -0.39 is 5.79 Å². The lowest BCUT2D eigenvalue weighted by Crippen LogP contribution is -2.18. The van der Waals surface area contributed by atoms with Crippen LogP contribution in [-0.4, -0.2) is 17.1 Å². The molecular weight excluding hydrogens is 112 g/mol. The quantitative estimate of drug-likeness (QED) is 0.438. The van der Waals surface area contributed by atoms with Gasteiger partial charge in [-0.15, -0.1) is 0 Å². The minimum absolute atomic E-state index is 0.987. The maximum absolute atomic E-state index is 8.77. The summed E-state index contributed by atoms with van der Waals surface area (Å²) in [4.78, 5) is 0. The van der Waals surface area contributed by atoms with E-state index in [0.717, 1.165) is 12.0 Å². The van der Waals surface area contributed by atoms with Crippen molar-refractivity contribution in [1.29, 1.82) is 0 Å². The molecule has 0 bridgehead atoms. The zero-order valence-electron chi connectivity index (χ0n) is 4.76. The topological polar surface area (TPSA) is 29.5 Å². The summed E-state index contributed by atoms with van der Waals surface area (Å²) in [5, 5.41) is 8.77. The highest BCUT2D eigenvalue weighted by Crippen LogP contribution is 2.10. The summed E-state index contributed by atoms with van der Waals surface area (Å²) in [6, 6.07) is 0. The predicted molar refractivity (Wildman–Crippen MR) is 30.9 cm³/mol. The molecule has 0 spiro atoms. The van der Waals surface area contributed by atoms with Crippen molar-refractivity contribution in [3.8, 4) is 0 Å². The summed E-state index contributed by atoms with van der Waals surface area (Å²) in [6.07, 6.45) is 1.76. The van der Waals surface area contributed by atoms with Gasteiger partial charge in [-0.3, -0.25) is 4.18 Å². The molecular formula is C4H10O2S. The molecule has 0 fully saturated rings. The third-order valence-corrected chi connectivity index (χ3v) is 0.862. The van der Waals surface area contributed by atoms with Gasteiger partial charge in [0.05, 0.1) is 0 Å². The second-order valence-corrected chi connectivity index (χ2v) is 2.20. The number of hydrogen-bond acceptors (Lipinski definition) is 3. The first-order valence-electron chi connectivity index (χ1n) is 2.00. The zero-order chi connectivity index (χ0) is 5.91. The molecule has 1 N–H and O–H groups in total. The number of hydrogen-bond donors (Lipinski definition) is 1. The van der Waals surface area contributed by atoms with Gasteiger partial charge in [0.25, 0.3) is 0 Å². The van der Waals surface area contributed by atoms with E-state index >= 15 is 0 Å².